The van der Waals surface area contributed by atoms with Gasteiger partial charge in [0.2, 0.25) is 0 Å². The quantitative estimate of drug-likeness (QED) is 0.703. The molecule has 2 nitrogen and oxygen atoms in total. The highest BCUT2D eigenvalue weighted by Crippen LogP contribution is 2.25. The van der Waals surface area contributed by atoms with Crippen molar-refractivity contribution in [2.24, 2.45) is 5.92 Å². The molecule has 0 aliphatic rings. The standard InChI is InChI=1S/C18H29NO/c1-6-11-18(20,14(2)3)12-13-19-16(5)17-9-7-15(4)8-10-17/h6-10,14,16,19-20H,1,11-13H2,2-5H3/t16-,18?/m0/s1. The van der Waals surface area contributed by atoms with Crippen molar-refractivity contribution in [3.05, 3.63) is 48.0 Å². The van der Waals surface area contributed by atoms with Gasteiger partial charge >= 0.3 is 0 Å². The van der Waals surface area contributed by atoms with E-state index < -0.39 is 5.60 Å². The van der Waals surface area contributed by atoms with Crippen LogP contribution in [0.1, 0.15) is 50.8 Å². The van der Waals surface area contributed by atoms with Crippen LogP contribution in [-0.2, 0) is 0 Å². The molecule has 0 heterocycles. The predicted molar refractivity (Wildman–Crippen MR) is 86.8 cm³/mol. The third-order valence-corrected chi connectivity index (χ3v) is 4.16. The summed E-state index contributed by atoms with van der Waals surface area (Å²) in [5, 5.41) is 14.1. The zero-order valence-electron chi connectivity index (χ0n) is 13.3. The summed E-state index contributed by atoms with van der Waals surface area (Å²) in [6.07, 6.45) is 3.20. The first-order chi connectivity index (χ1) is 9.39. The Morgan fingerprint density at radius 3 is 2.35 bits per heavy atom. The molecule has 112 valence electrons. The number of aliphatic hydroxyl groups is 1. The Kier molecular flexibility index (Phi) is 6.44. The molecule has 2 heteroatoms. The smallest absolute Gasteiger partial charge is 0.0716 e. The van der Waals surface area contributed by atoms with Crippen molar-refractivity contribution < 1.29 is 5.11 Å². The van der Waals surface area contributed by atoms with Crippen LogP contribution in [-0.4, -0.2) is 17.3 Å². The third kappa shape index (κ3) is 4.77. The van der Waals surface area contributed by atoms with Crippen LogP contribution in [0.15, 0.2) is 36.9 Å². The van der Waals surface area contributed by atoms with E-state index in [1.165, 1.54) is 11.1 Å². The van der Waals surface area contributed by atoms with E-state index >= 15 is 0 Å². The number of benzene rings is 1. The molecule has 0 aliphatic heterocycles. The summed E-state index contributed by atoms with van der Waals surface area (Å²) in [5.41, 5.74) is 1.91. The third-order valence-electron chi connectivity index (χ3n) is 4.16. The molecule has 0 bridgehead atoms. The van der Waals surface area contributed by atoms with Crippen LogP contribution in [0.25, 0.3) is 0 Å². The number of hydrogen-bond donors (Lipinski definition) is 2. The Morgan fingerprint density at radius 2 is 1.85 bits per heavy atom. The van der Waals surface area contributed by atoms with Crippen molar-refractivity contribution in [2.75, 3.05) is 6.54 Å². The van der Waals surface area contributed by atoms with Gasteiger partial charge in [0, 0.05) is 6.04 Å². The lowest BCUT2D eigenvalue weighted by molar-refractivity contribution is -0.0101. The van der Waals surface area contributed by atoms with Gasteiger partial charge in [-0.3, -0.25) is 0 Å². The van der Waals surface area contributed by atoms with E-state index in [4.69, 9.17) is 0 Å². The van der Waals surface area contributed by atoms with Crippen molar-refractivity contribution in [1.82, 2.24) is 5.32 Å². The van der Waals surface area contributed by atoms with Crippen molar-refractivity contribution in [3.8, 4) is 0 Å². The van der Waals surface area contributed by atoms with Crippen LogP contribution in [0.5, 0.6) is 0 Å². The van der Waals surface area contributed by atoms with E-state index in [9.17, 15) is 5.11 Å². The number of hydrogen-bond acceptors (Lipinski definition) is 2. The minimum Gasteiger partial charge on any atom is -0.389 e. The van der Waals surface area contributed by atoms with Crippen molar-refractivity contribution in [2.45, 2.75) is 52.2 Å². The van der Waals surface area contributed by atoms with E-state index in [0.717, 1.165) is 13.0 Å². The fourth-order valence-corrected chi connectivity index (χ4v) is 2.35. The summed E-state index contributed by atoms with van der Waals surface area (Å²) in [5.74, 6) is 0.233. The SMILES string of the molecule is C=CCC(O)(CCN[C@@H](C)c1ccc(C)cc1)C(C)C. The van der Waals surface area contributed by atoms with E-state index in [1.807, 2.05) is 6.08 Å². The molecule has 1 aromatic carbocycles. The fraction of sp³-hybridized carbons (Fsp3) is 0.556. The van der Waals surface area contributed by atoms with Crippen LogP contribution in [0.4, 0.5) is 0 Å². The van der Waals surface area contributed by atoms with Gasteiger partial charge in [-0.25, -0.2) is 0 Å². The molecular weight excluding hydrogens is 246 g/mol. The molecule has 0 saturated carbocycles. The molecule has 1 aromatic rings. The monoisotopic (exact) mass is 275 g/mol. The summed E-state index contributed by atoms with van der Waals surface area (Å²) in [6, 6.07) is 8.89. The van der Waals surface area contributed by atoms with Crippen LogP contribution < -0.4 is 5.32 Å². The Morgan fingerprint density at radius 1 is 1.25 bits per heavy atom. The Balaban J connectivity index is 2.50. The normalized spacial score (nSPS) is 15.9. The molecule has 2 N–H and O–H groups in total. The second-order valence-electron chi connectivity index (χ2n) is 6.09. The molecule has 0 spiro atoms. The van der Waals surface area contributed by atoms with Crippen molar-refractivity contribution in [3.63, 3.8) is 0 Å². The van der Waals surface area contributed by atoms with Gasteiger partial charge in [0.15, 0.2) is 0 Å². The largest absolute Gasteiger partial charge is 0.389 e. The summed E-state index contributed by atoms with van der Waals surface area (Å²) < 4.78 is 0. The van der Waals surface area contributed by atoms with Crippen LogP contribution in [0, 0.1) is 12.8 Å². The highest BCUT2D eigenvalue weighted by Gasteiger charge is 2.28. The average Bonchev–Trinajstić information content (AvgIpc) is 2.39. The lowest BCUT2D eigenvalue weighted by Crippen LogP contribution is -2.38. The van der Waals surface area contributed by atoms with Crippen molar-refractivity contribution >= 4 is 0 Å². The maximum Gasteiger partial charge on any atom is 0.0716 e. The molecule has 0 fully saturated rings. The van der Waals surface area contributed by atoms with Crippen molar-refractivity contribution in [1.29, 1.82) is 0 Å². The molecule has 0 aliphatic carbocycles. The molecule has 0 aromatic heterocycles. The first-order valence-corrected chi connectivity index (χ1v) is 7.52. The first kappa shape index (κ1) is 16.9. The summed E-state index contributed by atoms with van der Waals surface area (Å²) >= 11 is 0. The maximum absolute atomic E-state index is 10.6. The van der Waals surface area contributed by atoms with Gasteiger partial charge in [0.05, 0.1) is 5.60 Å². The predicted octanol–water partition coefficient (Wildman–Crippen LogP) is 4.00. The number of rotatable bonds is 8. The highest BCUT2D eigenvalue weighted by molar-refractivity contribution is 5.23. The Hall–Kier alpha value is -1.12. The van der Waals surface area contributed by atoms with E-state index in [2.05, 4.69) is 63.9 Å². The van der Waals surface area contributed by atoms with Crippen LogP contribution in [0.2, 0.25) is 0 Å². The molecule has 0 radical (unpaired) electrons. The molecule has 1 rings (SSSR count). The van der Waals surface area contributed by atoms with Gasteiger partial charge in [-0.05, 0) is 44.7 Å². The molecule has 20 heavy (non-hydrogen) atoms. The first-order valence-electron chi connectivity index (χ1n) is 7.52. The molecule has 2 atom stereocenters. The summed E-state index contributed by atoms with van der Waals surface area (Å²) in [4.78, 5) is 0. The molecule has 1 unspecified atom stereocenters. The van der Waals surface area contributed by atoms with Gasteiger partial charge in [-0.2, -0.15) is 0 Å². The second kappa shape index (κ2) is 7.61. The highest BCUT2D eigenvalue weighted by atomic mass is 16.3. The minimum absolute atomic E-state index is 0.233. The lowest BCUT2D eigenvalue weighted by Gasteiger charge is -2.32. The van der Waals surface area contributed by atoms with E-state index in [1.54, 1.807) is 0 Å². The molecular formula is C18H29NO. The van der Waals surface area contributed by atoms with Crippen LogP contribution in [0.3, 0.4) is 0 Å². The average molecular weight is 275 g/mol. The minimum atomic E-state index is -0.651. The molecule has 0 saturated heterocycles. The Labute approximate surface area is 123 Å². The lowest BCUT2D eigenvalue weighted by atomic mass is 9.84. The van der Waals surface area contributed by atoms with Gasteiger partial charge in [-0.15, -0.1) is 6.58 Å². The summed E-state index contributed by atoms with van der Waals surface area (Å²) in [7, 11) is 0. The Bertz CT molecular complexity index is 410. The zero-order valence-corrected chi connectivity index (χ0v) is 13.3. The van der Waals surface area contributed by atoms with E-state index in [0.29, 0.717) is 12.5 Å². The van der Waals surface area contributed by atoms with Gasteiger partial charge in [0.25, 0.3) is 0 Å². The number of aryl methyl sites for hydroxylation is 1. The maximum atomic E-state index is 10.6. The van der Waals surface area contributed by atoms with Gasteiger partial charge in [-0.1, -0.05) is 49.8 Å². The summed E-state index contributed by atoms with van der Waals surface area (Å²) in [6.45, 7) is 12.9. The van der Waals surface area contributed by atoms with Gasteiger partial charge < -0.3 is 10.4 Å². The molecule has 0 amide bonds. The van der Waals surface area contributed by atoms with Crippen LogP contribution >= 0.6 is 0 Å². The number of nitrogens with one attached hydrogen (secondary N) is 1. The topological polar surface area (TPSA) is 32.3 Å². The second-order valence-corrected chi connectivity index (χ2v) is 6.09. The van der Waals surface area contributed by atoms with E-state index in [-0.39, 0.29) is 5.92 Å². The van der Waals surface area contributed by atoms with Gasteiger partial charge in [0.1, 0.15) is 0 Å². The fourth-order valence-electron chi connectivity index (χ4n) is 2.35. The zero-order chi connectivity index (χ0) is 15.2.